The predicted octanol–water partition coefficient (Wildman–Crippen LogP) is 3.79. The van der Waals surface area contributed by atoms with Crippen molar-refractivity contribution in [1.29, 1.82) is 0 Å². The number of aromatic nitrogens is 1. The highest BCUT2D eigenvalue weighted by Crippen LogP contribution is 2.28. The minimum Gasteiger partial charge on any atom is -0.478 e. The summed E-state index contributed by atoms with van der Waals surface area (Å²) in [5.74, 6) is -0.860. The molecule has 2 aromatic rings. The van der Waals surface area contributed by atoms with Gasteiger partial charge in [-0.3, -0.25) is 0 Å². The van der Waals surface area contributed by atoms with Gasteiger partial charge in [-0.05, 0) is 51.0 Å². The van der Waals surface area contributed by atoms with Gasteiger partial charge in [-0.2, -0.15) is 0 Å². The highest BCUT2D eigenvalue weighted by atomic mass is 16.4. The van der Waals surface area contributed by atoms with Crippen molar-refractivity contribution in [3.05, 3.63) is 35.0 Å². The van der Waals surface area contributed by atoms with Crippen LogP contribution in [0.15, 0.2) is 18.2 Å². The van der Waals surface area contributed by atoms with E-state index in [2.05, 4.69) is 38.3 Å². The van der Waals surface area contributed by atoms with Crippen LogP contribution in [-0.2, 0) is 6.42 Å². The van der Waals surface area contributed by atoms with Crippen LogP contribution in [0.2, 0.25) is 0 Å². The minimum absolute atomic E-state index is 0.375. The third-order valence-corrected chi connectivity index (χ3v) is 3.35. The third-order valence-electron chi connectivity index (χ3n) is 3.35. The molecule has 96 valence electrons. The van der Waals surface area contributed by atoms with Gasteiger partial charge >= 0.3 is 5.97 Å². The van der Waals surface area contributed by atoms with Crippen molar-refractivity contribution in [2.24, 2.45) is 0 Å². The summed E-state index contributed by atoms with van der Waals surface area (Å²) in [7, 11) is 0. The summed E-state index contributed by atoms with van der Waals surface area (Å²) in [4.78, 5) is 11.1. The first-order chi connectivity index (χ1) is 8.45. The monoisotopic (exact) mass is 245 g/mol. The fourth-order valence-electron chi connectivity index (χ4n) is 2.65. The normalized spacial score (nSPS) is 11.4. The first kappa shape index (κ1) is 12.7. The van der Waals surface area contributed by atoms with Crippen molar-refractivity contribution >= 4 is 16.9 Å². The second kappa shape index (κ2) is 4.48. The van der Waals surface area contributed by atoms with Crippen LogP contribution >= 0.6 is 0 Å². The fraction of sp³-hybridized carbons (Fsp3) is 0.400. The van der Waals surface area contributed by atoms with Crippen molar-refractivity contribution in [2.45, 2.75) is 40.2 Å². The smallest absolute Gasteiger partial charge is 0.335 e. The van der Waals surface area contributed by atoms with Crippen molar-refractivity contribution < 1.29 is 9.90 Å². The van der Waals surface area contributed by atoms with Gasteiger partial charge in [0.05, 0.1) is 11.1 Å². The lowest BCUT2D eigenvalue weighted by Gasteiger charge is -2.15. The van der Waals surface area contributed by atoms with E-state index >= 15 is 0 Å². The molecule has 0 amide bonds. The standard InChI is InChI=1S/C15H19NO2/c1-5-11-7-13(15(17)18)8-12-6-10(4)16(9(2)3)14(11)12/h6-9H,5H2,1-4H3,(H,17,18). The molecule has 18 heavy (non-hydrogen) atoms. The quantitative estimate of drug-likeness (QED) is 0.893. The van der Waals surface area contributed by atoms with E-state index in [0.717, 1.165) is 17.4 Å². The van der Waals surface area contributed by atoms with Crippen molar-refractivity contribution in [2.75, 3.05) is 0 Å². The van der Waals surface area contributed by atoms with Crippen molar-refractivity contribution in [3.8, 4) is 0 Å². The summed E-state index contributed by atoms with van der Waals surface area (Å²) in [6.45, 7) is 8.43. The van der Waals surface area contributed by atoms with Gasteiger partial charge in [0, 0.05) is 17.1 Å². The van der Waals surface area contributed by atoms with E-state index in [4.69, 9.17) is 5.11 Å². The molecule has 1 heterocycles. The molecule has 1 N–H and O–H groups in total. The van der Waals surface area contributed by atoms with Crippen LogP contribution in [0.4, 0.5) is 0 Å². The number of aryl methyl sites for hydroxylation is 2. The maximum absolute atomic E-state index is 11.1. The number of benzene rings is 1. The molecule has 1 aromatic heterocycles. The van der Waals surface area contributed by atoms with Gasteiger partial charge in [-0.15, -0.1) is 0 Å². The molecule has 0 aliphatic heterocycles. The molecule has 0 radical (unpaired) electrons. The van der Waals surface area contributed by atoms with Crippen LogP contribution < -0.4 is 0 Å². The van der Waals surface area contributed by atoms with Gasteiger partial charge in [0.1, 0.15) is 0 Å². The zero-order valence-corrected chi connectivity index (χ0v) is 11.3. The van der Waals surface area contributed by atoms with E-state index in [1.54, 1.807) is 12.1 Å². The number of rotatable bonds is 3. The number of hydrogen-bond acceptors (Lipinski definition) is 1. The molecule has 0 saturated carbocycles. The molecular formula is C15H19NO2. The molecule has 0 aliphatic carbocycles. The fourth-order valence-corrected chi connectivity index (χ4v) is 2.65. The molecular weight excluding hydrogens is 226 g/mol. The molecule has 3 nitrogen and oxygen atoms in total. The van der Waals surface area contributed by atoms with Gasteiger partial charge in [0.2, 0.25) is 0 Å². The van der Waals surface area contributed by atoms with Gasteiger partial charge < -0.3 is 9.67 Å². The number of carbonyl (C=O) groups is 1. The molecule has 0 bridgehead atoms. The van der Waals surface area contributed by atoms with E-state index in [0.29, 0.717) is 11.6 Å². The third kappa shape index (κ3) is 1.90. The average Bonchev–Trinajstić information content (AvgIpc) is 2.63. The zero-order chi connectivity index (χ0) is 13.4. The van der Waals surface area contributed by atoms with E-state index < -0.39 is 5.97 Å². The maximum atomic E-state index is 11.1. The summed E-state index contributed by atoms with van der Waals surface area (Å²) >= 11 is 0. The molecule has 1 aromatic carbocycles. The van der Waals surface area contributed by atoms with Crippen LogP contribution in [0.1, 0.15) is 48.4 Å². The lowest BCUT2D eigenvalue weighted by atomic mass is 10.0. The van der Waals surface area contributed by atoms with Crippen LogP contribution in [-0.4, -0.2) is 15.6 Å². The number of nitrogens with zero attached hydrogens (tertiary/aromatic N) is 1. The molecule has 0 aliphatic rings. The lowest BCUT2D eigenvalue weighted by Crippen LogP contribution is -2.05. The topological polar surface area (TPSA) is 42.2 Å². The highest BCUT2D eigenvalue weighted by Gasteiger charge is 2.15. The van der Waals surface area contributed by atoms with Crippen LogP contribution in [0.3, 0.4) is 0 Å². The molecule has 2 rings (SSSR count). The van der Waals surface area contributed by atoms with E-state index in [1.807, 2.05) is 0 Å². The second-order valence-electron chi connectivity index (χ2n) is 4.98. The Morgan fingerprint density at radius 3 is 2.50 bits per heavy atom. The average molecular weight is 245 g/mol. The number of aromatic carboxylic acids is 1. The van der Waals surface area contributed by atoms with Gasteiger partial charge in [-0.25, -0.2) is 4.79 Å². The number of carboxylic acids is 1. The Balaban J connectivity index is 2.83. The van der Waals surface area contributed by atoms with Gasteiger partial charge in [0.15, 0.2) is 0 Å². The summed E-state index contributed by atoms with van der Waals surface area (Å²) in [6, 6.07) is 6.01. The Morgan fingerprint density at radius 2 is 2.00 bits per heavy atom. The molecule has 0 saturated heterocycles. The van der Waals surface area contributed by atoms with E-state index in [-0.39, 0.29) is 0 Å². The Labute approximate surface area is 107 Å². The Kier molecular flexibility index (Phi) is 3.16. The number of hydrogen-bond donors (Lipinski definition) is 1. The maximum Gasteiger partial charge on any atom is 0.335 e. The largest absolute Gasteiger partial charge is 0.478 e. The second-order valence-corrected chi connectivity index (χ2v) is 4.98. The van der Waals surface area contributed by atoms with E-state index in [9.17, 15) is 4.79 Å². The number of fused-ring (bicyclic) bond motifs is 1. The van der Waals surface area contributed by atoms with Gasteiger partial charge in [0.25, 0.3) is 0 Å². The molecule has 0 spiro atoms. The SMILES string of the molecule is CCc1cc(C(=O)O)cc2cc(C)n(C(C)C)c12. The Hall–Kier alpha value is -1.77. The predicted molar refractivity (Wildman–Crippen MR) is 73.4 cm³/mol. The highest BCUT2D eigenvalue weighted by molar-refractivity contribution is 5.95. The number of carboxylic acid groups (broad SMARTS) is 1. The summed E-state index contributed by atoms with van der Waals surface area (Å²) < 4.78 is 2.28. The van der Waals surface area contributed by atoms with Gasteiger partial charge in [-0.1, -0.05) is 6.92 Å². The minimum atomic E-state index is -0.860. The van der Waals surface area contributed by atoms with Crippen molar-refractivity contribution in [1.82, 2.24) is 4.57 Å². The zero-order valence-electron chi connectivity index (χ0n) is 11.3. The first-order valence-electron chi connectivity index (χ1n) is 6.33. The summed E-state index contributed by atoms with van der Waals surface area (Å²) in [6.07, 6.45) is 0.841. The molecule has 0 atom stereocenters. The Morgan fingerprint density at radius 1 is 1.33 bits per heavy atom. The summed E-state index contributed by atoms with van der Waals surface area (Å²) in [5.41, 5.74) is 3.83. The van der Waals surface area contributed by atoms with Crippen molar-refractivity contribution in [3.63, 3.8) is 0 Å². The lowest BCUT2D eigenvalue weighted by molar-refractivity contribution is 0.0697. The van der Waals surface area contributed by atoms with Crippen LogP contribution in [0, 0.1) is 6.92 Å². The van der Waals surface area contributed by atoms with E-state index in [1.165, 1.54) is 11.2 Å². The van der Waals surface area contributed by atoms with Crippen LogP contribution in [0.5, 0.6) is 0 Å². The first-order valence-corrected chi connectivity index (χ1v) is 6.33. The molecule has 0 unspecified atom stereocenters. The molecule has 0 fully saturated rings. The molecule has 3 heteroatoms. The summed E-state index contributed by atoms with van der Waals surface area (Å²) in [5, 5.41) is 10.2. The van der Waals surface area contributed by atoms with Crippen LogP contribution in [0.25, 0.3) is 10.9 Å². The Bertz CT molecular complexity index is 608.